The fourth-order valence-electron chi connectivity index (χ4n) is 1.93. The molecule has 0 saturated heterocycles. The van der Waals surface area contributed by atoms with Crippen molar-refractivity contribution in [1.29, 1.82) is 0 Å². The molecule has 0 saturated carbocycles. The third-order valence-electron chi connectivity index (χ3n) is 2.87. The number of hydrogen-bond donors (Lipinski definition) is 1. The largest absolute Gasteiger partial charge is 0.444 e. The molecule has 0 radical (unpaired) electrons. The number of hydrogen-bond acceptors (Lipinski definition) is 4. The lowest BCUT2D eigenvalue weighted by molar-refractivity contribution is 0.439. The first kappa shape index (κ1) is 12.8. The maximum absolute atomic E-state index is 5.54. The van der Waals surface area contributed by atoms with Crippen LogP contribution in [-0.2, 0) is 33.0 Å². The lowest BCUT2D eigenvalue weighted by atomic mass is 10.2. The second-order valence-electron chi connectivity index (χ2n) is 4.31. The molecule has 0 unspecified atom stereocenters. The normalized spacial score (nSPS) is 11.1. The van der Waals surface area contributed by atoms with Gasteiger partial charge in [-0.1, -0.05) is 13.8 Å². The van der Waals surface area contributed by atoms with E-state index in [9.17, 15) is 0 Å². The van der Waals surface area contributed by atoms with Crippen LogP contribution in [0.1, 0.15) is 36.8 Å². The Labute approximate surface area is 107 Å². The zero-order chi connectivity index (χ0) is 13.0. The van der Waals surface area contributed by atoms with Gasteiger partial charge in [0.2, 0.25) is 5.89 Å². The monoisotopic (exact) mass is 248 g/mol. The molecule has 0 bridgehead atoms. The van der Waals surface area contributed by atoms with Crippen molar-refractivity contribution in [3.63, 3.8) is 0 Å². The Morgan fingerprint density at radius 1 is 1.28 bits per heavy atom. The lowest BCUT2D eigenvalue weighted by Crippen LogP contribution is -2.13. The van der Waals surface area contributed by atoms with Gasteiger partial charge in [-0.15, -0.1) is 0 Å². The van der Waals surface area contributed by atoms with Crippen LogP contribution in [0.3, 0.4) is 0 Å². The van der Waals surface area contributed by atoms with Crippen molar-refractivity contribution in [3.8, 4) is 0 Å². The van der Waals surface area contributed by atoms with E-state index in [1.165, 1.54) is 5.56 Å². The second kappa shape index (κ2) is 5.82. The molecule has 2 rings (SSSR count). The highest BCUT2D eigenvalue weighted by atomic mass is 16.4. The lowest BCUT2D eigenvalue weighted by Gasteiger charge is -2.01. The molecular weight excluding hydrogens is 228 g/mol. The van der Waals surface area contributed by atoms with E-state index >= 15 is 0 Å². The summed E-state index contributed by atoms with van der Waals surface area (Å²) < 4.78 is 7.40. The minimum atomic E-state index is 0.651. The quantitative estimate of drug-likeness (QED) is 0.847. The van der Waals surface area contributed by atoms with Crippen molar-refractivity contribution in [1.82, 2.24) is 20.1 Å². The highest BCUT2D eigenvalue weighted by Crippen LogP contribution is 2.08. The van der Waals surface area contributed by atoms with Crippen molar-refractivity contribution >= 4 is 0 Å². The Hall–Kier alpha value is -1.62. The molecule has 5 heteroatoms. The van der Waals surface area contributed by atoms with Crippen molar-refractivity contribution in [2.75, 3.05) is 0 Å². The van der Waals surface area contributed by atoms with Gasteiger partial charge in [-0.3, -0.25) is 4.68 Å². The fraction of sp³-hybridized carbons (Fsp3) is 0.538. The van der Waals surface area contributed by atoms with Crippen molar-refractivity contribution < 1.29 is 4.42 Å². The molecule has 0 atom stereocenters. The number of oxazole rings is 1. The summed E-state index contributed by atoms with van der Waals surface area (Å²) in [4.78, 5) is 4.22. The summed E-state index contributed by atoms with van der Waals surface area (Å²) in [5.41, 5.74) is 2.38. The summed E-state index contributed by atoms with van der Waals surface area (Å²) in [7, 11) is 1.95. The van der Waals surface area contributed by atoms with E-state index in [-0.39, 0.29) is 0 Å². The summed E-state index contributed by atoms with van der Waals surface area (Å²) in [5, 5.41) is 7.74. The molecule has 0 aliphatic rings. The Kier molecular flexibility index (Phi) is 4.15. The van der Waals surface area contributed by atoms with Gasteiger partial charge in [-0.25, -0.2) is 4.98 Å². The minimum Gasteiger partial charge on any atom is -0.444 e. The average molecular weight is 248 g/mol. The first-order valence-corrected chi connectivity index (χ1v) is 6.38. The number of nitrogens with one attached hydrogen (secondary N) is 1. The maximum Gasteiger partial charge on any atom is 0.208 e. The summed E-state index contributed by atoms with van der Waals surface area (Å²) >= 11 is 0. The van der Waals surface area contributed by atoms with Gasteiger partial charge in [0.05, 0.1) is 18.4 Å². The average Bonchev–Trinajstić information content (AvgIpc) is 2.96. The number of nitrogens with zero attached hydrogens (tertiary/aromatic N) is 3. The predicted molar refractivity (Wildman–Crippen MR) is 69.0 cm³/mol. The Bertz CT molecular complexity index is 501. The zero-order valence-corrected chi connectivity index (χ0v) is 11.2. The van der Waals surface area contributed by atoms with Gasteiger partial charge in [-0.2, -0.15) is 5.10 Å². The molecule has 2 aromatic rings. The van der Waals surface area contributed by atoms with Crippen LogP contribution in [0, 0.1) is 0 Å². The Morgan fingerprint density at radius 2 is 2.11 bits per heavy atom. The van der Waals surface area contributed by atoms with E-state index in [0.717, 1.165) is 36.7 Å². The van der Waals surface area contributed by atoms with Crippen LogP contribution >= 0.6 is 0 Å². The van der Waals surface area contributed by atoms with Gasteiger partial charge in [0.15, 0.2) is 0 Å². The van der Waals surface area contributed by atoms with Crippen molar-refractivity contribution in [2.24, 2.45) is 7.05 Å². The first-order valence-electron chi connectivity index (χ1n) is 6.38. The highest BCUT2D eigenvalue weighted by Gasteiger charge is 2.06. The van der Waals surface area contributed by atoms with Crippen LogP contribution in [0.4, 0.5) is 0 Å². The molecule has 0 aliphatic heterocycles. The Balaban J connectivity index is 1.87. The van der Waals surface area contributed by atoms with Gasteiger partial charge >= 0.3 is 0 Å². The molecule has 2 heterocycles. The summed E-state index contributed by atoms with van der Waals surface area (Å²) in [6.07, 6.45) is 5.68. The van der Waals surface area contributed by atoms with E-state index < -0.39 is 0 Å². The molecule has 0 fully saturated rings. The molecule has 2 aromatic heterocycles. The van der Waals surface area contributed by atoms with Gasteiger partial charge in [0.1, 0.15) is 5.76 Å². The molecule has 0 aromatic carbocycles. The summed E-state index contributed by atoms with van der Waals surface area (Å²) in [5.74, 6) is 1.68. The number of rotatable bonds is 6. The number of aryl methyl sites for hydroxylation is 3. The van der Waals surface area contributed by atoms with E-state index in [4.69, 9.17) is 4.42 Å². The van der Waals surface area contributed by atoms with E-state index in [0.29, 0.717) is 6.54 Å². The molecule has 0 spiro atoms. The van der Waals surface area contributed by atoms with E-state index in [1.54, 1.807) is 6.20 Å². The van der Waals surface area contributed by atoms with Crippen LogP contribution in [0.25, 0.3) is 0 Å². The smallest absolute Gasteiger partial charge is 0.208 e. The van der Waals surface area contributed by atoms with Gasteiger partial charge in [0, 0.05) is 31.8 Å². The predicted octanol–water partition coefficient (Wildman–Crippen LogP) is 1.82. The number of aromatic nitrogens is 3. The Morgan fingerprint density at radius 3 is 2.78 bits per heavy atom. The third-order valence-corrected chi connectivity index (χ3v) is 2.87. The molecule has 1 N–H and O–H groups in total. The first-order chi connectivity index (χ1) is 8.72. The molecule has 0 aliphatic carbocycles. The highest BCUT2D eigenvalue weighted by molar-refractivity contribution is 5.16. The standard InChI is InChI=1S/C13H20N4O/c1-4-11-7-15-13(18-11)8-14-6-10-9-17(3)16-12(10)5-2/h7,9,14H,4-6,8H2,1-3H3. The molecule has 18 heavy (non-hydrogen) atoms. The van der Waals surface area contributed by atoms with Crippen LogP contribution in [0.2, 0.25) is 0 Å². The van der Waals surface area contributed by atoms with Crippen LogP contribution in [0.15, 0.2) is 16.8 Å². The van der Waals surface area contributed by atoms with E-state index in [1.807, 2.05) is 11.7 Å². The van der Waals surface area contributed by atoms with Crippen LogP contribution < -0.4 is 5.32 Å². The molecule has 5 nitrogen and oxygen atoms in total. The second-order valence-corrected chi connectivity index (χ2v) is 4.31. The fourth-order valence-corrected chi connectivity index (χ4v) is 1.93. The minimum absolute atomic E-state index is 0.651. The third kappa shape index (κ3) is 2.98. The van der Waals surface area contributed by atoms with Gasteiger partial charge in [0.25, 0.3) is 0 Å². The molecule has 0 amide bonds. The van der Waals surface area contributed by atoms with Crippen LogP contribution in [0.5, 0.6) is 0 Å². The van der Waals surface area contributed by atoms with Gasteiger partial charge < -0.3 is 9.73 Å². The van der Waals surface area contributed by atoms with Crippen LogP contribution in [-0.4, -0.2) is 14.8 Å². The van der Waals surface area contributed by atoms with E-state index in [2.05, 4.69) is 35.4 Å². The van der Waals surface area contributed by atoms with Gasteiger partial charge in [-0.05, 0) is 6.42 Å². The SMILES string of the molecule is CCc1cnc(CNCc2cn(C)nc2CC)o1. The molecule has 98 valence electrons. The molecular formula is C13H20N4O. The summed E-state index contributed by atoms with van der Waals surface area (Å²) in [6.45, 7) is 5.62. The maximum atomic E-state index is 5.54. The zero-order valence-electron chi connectivity index (χ0n) is 11.2. The van der Waals surface area contributed by atoms with Crippen molar-refractivity contribution in [2.45, 2.75) is 39.8 Å². The topological polar surface area (TPSA) is 55.9 Å². The van der Waals surface area contributed by atoms with Crippen molar-refractivity contribution in [3.05, 3.63) is 35.3 Å². The summed E-state index contributed by atoms with van der Waals surface area (Å²) in [6, 6.07) is 0.